The van der Waals surface area contributed by atoms with Gasteiger partial charge in [-0.15, -0.1) is 0 Å². The largest absolute Gasteiger partial charge is 0.481 e. The third kappa shape index (κ3) is 2.51. The van der Waals surface area contributed by atoms with E-state index in [1.54, 1.807) is 20.2 Å². The number of aliphatic hydroxyl groups is 1. The van der Waals surface area contributed by atoms with Crippen molar-refractivity contribution in [1.29, 1.82) is 0 Å². The van der Waals surface area contributed by atoms with E-state index in [0.717, 1.165) is 5.56 Å². The Balaban J connectivity index is 2.72. The number of aromatic nitrogens is 1. The molecule has 0 saturated carbocycles. The molecule has 66 valence electrons. The minimum absolute atomic E-state index is 0.322. The van der Waals surface area contributed by atoms with Gasteiger partial charge in [-0.3, -0.25) is 0 Å². The molecule has 0 aromatic carbocycles. The number of ether oxygens (including phenoxy) is 1. The summed E-state index contributed by atoms with van der Waals surface area (Å²) in [4.78, 5) is 3.96. The number of aliphatic hydroxyl groups excluding tert-OH is 1. The highest BCUT2D eigenvalue weighted by Crippen LogP contribution is 2.10. The Bertz CT molecular complexity index is 248. The Labute approximate surface area is 72.0 Å². The van der Waals surface area contributed by atoms with Gasteiger partial charge in [0.15, 0.2) is 0 Å². The number of rotatable bonds is 3. The molecule has 1 unspecified atom stereocenters. The van der Waals surface area contributed by atoms with Gasteiger partial charge in [-0.25, -0.2) is 4.98 Å². The van der Waals surface area contributed by atoms with Crippen LogP contribution in [-0.4, -0.2) is 23.3 Å². The first-order valence-electron chi connectivity index (χ1n) is 3.89. The molecule has 0 saturated heterocycles. The van der Waals surface area contributed by atoms with E-state index in [0.29, 0.717) is 12.3 Å². The maximum absolute atomic E-state index is 9.11. The average molecular weight is 167 g/mol. The standard InChI is InChI=1S/C9H13NO2/c1-7(11)5-8-3-4-10-9(6-8)12-2/h3-4,6-7,11H,5H2,1-2H3. The molecule has 12 heavy (non-hydrogen) atoms. The highest BCUT2D eigenvalue weighted by atomic mass is 16.5. The second kappa shape index (κ2) is 4.07. The van der Waals surface area contributed by atoms with Gasteiger partial charge >= 0.3 is 0 Å². The van der Waals surface area contributed by atoms with Crippen molar-refractivity contribution in [2.75, 3.05) is 7.11 Å². The van der Waals surface area contributed by atoms with Crippen LogP contribution in [0.3, 0.4) is 0 Å². The predicted molar refractivity (Wildman–Crippen MR) is 46.2 cm³/mol. The van der Waals surface area contributed by atoms with Gasteiger partial charge in [0.1, 0.15) is 0 Å². The fourth-order valence-electron chi connectivity index (χ4n) is 1.03. The van der Waals surface area contributed by atoms with Crippen LogP contribution < -0.4 is 4.74 Å². The lowest BCUT2D eigenvalue weighted by atomic mass is 10.1. The molecular formula is C9H13NO2. The maximum atomic E-state index is 9.11. The third-order valence-electron chi connectivity index (χ3n) is 1.54. The van der Waals surface area contributed by atoms with Gasteiger partial charge in [-0.1, -0.05) is 0 Å². The minimum Gasteiger partial charge on any atom is -0.481 e. The van der Waals surface area contributed by atoms with Gasteiger partial charge in [-0.2, -0.15) is 0 Å². The number of nitrogens with zero attached hydrogens (tertiary/aromatic N) is 1. The summed E-state index contributed by atoms with van der Waals surface area (Å²) in [5.41, 5.74) is 1.04. The smallest absolute Gasteiger partial charge is 0.213 e. The molecule has 1 rings (SSSR count). The Morgan fingerprint density at radius 2 is 2.42 bits per heavy atom. The van der Waals surface area contributed by atoms with Crippen molar-refractivity contribution < 1.29 is 9.84 Å². The van der Waals surface area contributed by atoms with Crippen LogP contribution in [-0.2, 0) is 6.42 Å². The monoisotopic (exact) mass is 167 g/mol. The second-order valence-corrected chi connectivity index (χ2v) is 2.76. The minimum atomic E-state index is -0.322. The highest BCUT2D eigenvalue weighted by Gasteiger charge is 2.00. The van der Waals surface area contributed by atoms with Crippen molar-refractivity contribution in [1.82, 2.24) is 4.98 Å². The summed E-state index contributed by atoms with van der Waals surface area (Å²) in [5, 5.41) is 9.11. The molecule has 0 aliphatic rings. The van der Waals surface area contributed by atoms with E-state index in [1.807, 2.05) is 12.1 Å². The van der Waals surface area contributed by atoms with E-state index < -0.39 is 0 Å². The SMILES string of the molecule is COc1cc(CC(C)O)ccn1. The summed E-state index contributed by atoms with van der Waals surface area (Å²) in [6, 6.07) is 3.70. The molecule has 1 aromatic heterocycles. The quantitative estimate of drug-likeness (QED) is 0.730. The summed E-state index contributed by atoms with van der Waals surface area (Å²) in [6.45, 7) is 1.76. The van der Waals surface area contributed by atoms with E-state index in [4.69, 9.17) is 9.84 Å². The summed E-state index contributed by atoms with van der Waals surface area (Å²) in [7, 11) is 1.58. The molecule has 1 N–H and O–H groups in total. The molecule has 3 heteroatoms. The zero-order valence-corrected chi connectivity index (χ0v) is 7.32. The van der Waals surface area contributed by atoms with E-state index in [2.05, 4.69) is 4.98 Å². The van der Waals surface area contributed by atoms with Crippen molar-refractivity contribution in [3.63, 3.8) is 0 Å². The van der Waals surface area contributed by atoms with Crippen molar-refractivity contribution >= 4 is 0 Å². The molecule has 0 aliphatic heterocycles. The zero-order valence-electron chi connectivity index (χ0n) is 7.32. The lowest BCUT2D eigenvalue weighted by Crippen LogP contribution is -2.04. The van der Waals surface area contributed by atoms with Gasteiger partial charge in [0, 0.05) is 12.3 Å². The zero-order chi connectivity index (χ0) is 8.97. The van der Waals surface area contributed by atoms with Gasteiger partial charge < -0.3 is 9.84 Å². The first-order chi connectivity index (χ1) is 5.72. The fraction of sp³-hybridized carbons (Fsp3) is 0.444. The number of hydrogen-bond acceptors (Lipinski definition) is 3. The fourth-order valence-corrected chi connectivity index (χ4v) is 1.03. The Morgan fingerprint density at radius 3 is 3.00 bits per heavy atom. The Morgan fingerprint density at radius 1 is 1.67 bits per heavy atom. The lowest BCUT2D eigenvalue weighted by molar-refractivity contribution is 0.195. The van der Waals surface area contributed by atoms with Crippen LogP contribution in [0, 0.1) is 0 Å². The maximum Gasteiger partial charge on any atom is 0.213 e. The van der Waals surface area contributed by atoms with Gasteiger partial charge in [0.25, 0.3) is 0 Å². The summed E-state index contributed by atoms with van der Waals surface area (Å²) in [6.07, 6.45) is 1.99. The molecule has 0 spiro atoms. The molecule has 3 nitrogen and oxygen atoms in total. The van der Waals surface area contributed by atoms with Crippen molar-refractivity contribution in [2.45, 2.75) is 19.4 Å². The Hall–Kier alpha value is -1.09. The van der Waals surface area contributed by atoms with Crippen LogP contribution in [0.15, 0.2) is 18.3 Å². The van der Waals surface area contributed by atoms with Crippen LogP contribution in [0.4, 0.5) is 0 Å². The third-order valence-corrected chi connectivity index (χ3v) is 1.54. The first-order valence-corrected chi connectivity index (χ1v) is 3.89. The van der Waals surface area contributed by atoms with Crippen molar-refractivity contribution in [3.8, 4) is 5.88 Å². The van der Waals surface area contributed by atoms with E-state index in [-0.39, 0.29) is 6.10 Å². The number of hydrogen-bond donors (Lipinski definition) is 1. The van der Waals surface area contributed by atoms with Gasteiger partial charge in [-0.05, 0) is 25.0 Å². The van der Waals surface area contributed by atoms with Gasteiger partial charge in [0.05, 0.1) is 13.2 Å². The molecule has 1 aromatic rings. The summed E-state index contributed by atoms with van der Waals surface area (Å²) < 4.78 is 4.94. The topological polar surface area (TPSA) is 42.4 Å². The molecule has 0 radical (unpaired) electrons. The van der Waals surface area contributed by atoms with Crippen LogP contribution in [0.2, 0.25) is 0 Å². The number of pyridine rings is 1. The number of methoxy groups -OCH3 is 1. The van der Waals surface area contributed by atoms with E-state index in [9.17, 15) is 0 Å². The Kier molecular flexibility index (Phi) is 3.05. The molecule has 0 aliphatic carbocycles. The second-order valence-electron chi connectivity index (χ2n) is 2.76. The molecule has 1 heterocycles. The van der Waals surface area contributed by atoms with Crippen molar-refractivity contribution in [2.24, 2.45) is 0 Å². The van der Waals surface area contributed by atoms with Crippen LogP contribution in [0.1, 0.15) is 12.5 Å². The van der Waals surface area contributed by atoms with E-state index >= 15 is 0 Å². The molecule has 0 bridgehead atoms. The van der Waals surface area contributed by atoms with Crippen LogP contribution in [0.25, 0.3) is 0 Å². The summed E-state index contributed by atoms with van der Waals surface area (Å²) >= 11 is 0. The van der Waals surface area contributed by atoms with Gasteiger partial charge in [0.2, 0.25) is 5.88 Å². The first kappa shape index (κ1) is 9.00. The molecule has 1 atom stereocenters. The normalized spacial score (nSPS) is 12.6. The lowest BCUT2D eigenvalue weighted by Gasteiger charge is -2.04. The van der Waals surface area contributed by atoms with Crippen molar-refractivity contribution in [3.05, 3.63) is 23.9 Å². The highest BCUT2D eigenvalue weighted by molar-refractivity contribution is 5.20. The predicted octanol–water partition coefficient (Wildman–Crippen LogP) is 1.01. The average Bonchev–Trinajstić information content (AvgIpc) is 2.03. The van der Waals surface area contributed by atoms with Crippen LogP contribution >= 0.6 is 0 Å². The molecular weight excluding hydrogens is 154 g/mol. The van der Waals surface area contributed by atoms with E-state index in [1.165, 1.54) is 0 Å². The molecule has 0 amide bonds. The molecule has 0 fully saturated rings. The summed E-state index contributed by atoms with van der Waals surface area (Å²) in [5.74, 6) is 0.591. The van der Waals surface area contributed by atoms with Crippen LogP contribution in [0.5, 0.6) is 5.88 Å².